The number of Topliss-reactive ketones (excluding diaryl/α,β-unsaturated/α-hetero) is 1. The molecule has 16 heavy (non-hydrogen) atoms. The fraction of sp³-hybridized carbons (Fsp3) is 0.308. The lowest BCUT2D eigenvalue weighted by Crippen LogP contribution is -2.04. The highest BCUT2D eigenvalue weighted by atomic mass is 19.1. The molecule has 0 aliphatic rings. The maximum Gasteiger partial charge on any atom is 0.137 e. The van der Waals surface area contributed by atoms with E-state index in [0.29, 0.717) is 12.8 Å². The summed E-state index contributed by atoms with van der Waals surface area (Å²) in [4.78, 5) is 11.5. The standard InChI is InChI=1S/C13H14F2O/c1-9(2)3-6-12(16)7-10-4-5-11(14)8-13(10)15/h4-5,8H,1,3,6-7H2,2H3. The molecule has 0 atom stereocenters. The van der Waals surface area contributed by atoms with Gasteiger partial charge in [-0.1, -0.05) is 11.6 Å². The van der Waals surface area contributed by atoms with Crippen LogP contribution in [0, 0.1) is 11.6 Å². The molecule has 0 fully saturated rings. The Morgan fingerprint density at radius 2 is 2.00 bits per heavy atom. The van der Waals surface area contributed by atoms with E-state index in [1.165, 1.54) is 6.07 Å². The number of carbonyl (C=O) groups excluding carboxylic acids is 1. The van der Waals surface area contributed by atoms with Crippen LogP contribution >= 0.6 is 0 Å². The van der Waals surface area contributed by atoms with Crippen molar-refractivity contribution in [2.75, 3.05) is 0 Å². The van der Waals surface area contributed by atoms with Crippen LogP contribution in [0.3, 0.4) is 0 Å². The van der Waals surface area contributed by atoms with Crippen LogP contribution in [0.2, 0.25) is 0 Å². The summed E-state index contributed by atoms with van der Waals surface area (Å²) in [5.74, 6) is -1.35. The SMILES string of the molecule is C=C(C)CCC(=O)Cc1ccc(F)cc1F. The molecular weight excluding hydrogens is 210 g/mol. The van der Waals surface area contributed by atoms with E-state index < -0.39 is 11.6 Å². The van der Waals surface area contributed by atoms with Crippen molar-refractivity contribution < 1.29 is 13.6 Å². The minimum absolute atomic E-state index is 0.0133. The van der Waals surface area contributed by atoms with Gasteiger partial charge in [-0.3, -0.25) is 4.79 Å². The summed E-state index contributed by atoms with van der Waals surface area (Å²) in [6, 6.07) is 3.26. The second-order valence-corrected chi connectivity index (χ2v) is 3.91. The van der Waals surface area contributed by atoms with E-state index in [-0.39, 0.29) is 17.8 Å². The highest BCUT2D eigenvalue weighted by Gasteiger charge is 2.09. The third kappa shape index (κ3) is 3.93. The first kappa shape index (κ1) is 12.6. The predicted molar refractivity (Wildman–Crippen MR) is 59.1 cm³/mol. The highest BCUT2D eigenvalue weighted by Crippen LogP contribution is 2.12. The predicted octanol–water partition coefficient (Wildman–Crippen LogP) is 3.43. The lowest BCUT2D eigenvalue weighted by Gasteiger charge is -2.03. The number of allylic oxidation sites excluding steroid dienone is 1. The summed E-state index contributed by atoms with van der Waals surface area (Å²) >= 11 is 0. The summed E-state index contributed by atoms with van der Waals surface area (Å²) in [7, 11) is 0. The molecule has 0 aliphatic heterocycles. The van der Waals surface area contributed by atoms with Gasteiger partial charge in [-0.15, -0.1) is 6.58 Å². The van der Waals surface area contributed by atoms with Crippen LogP contribution in [0.4, 0.5) is 8.78 Å². The van der Waals surface area contributed by atoms with Crippen LogP contribution in [-0.2, 0) is 11.2 Å². The zero-order valence-electron chi connectivity index (χ0n) is 9.22. The Kier molecular flexibility index (Phi) is 4.35. The van der Waals surface area contributed by atoms with Gasteiger partial charge in [0.1, 0.15) is 17.4 Å². The molecule has 0 unspecified atom stereocenters. The smallest absolute Gasteiger partial charge is 0.137 e. The maximum absolute atomic E-state index is 13.2. The quantitative estimate of drug-likeness (QED) is 0.700. The minimum Gasteiger partial charge on any atom is -0.299 e. The van der Waals surface area contributed by atoms with Crippen molar-refractivity contribution >= 4 is 5.78 Å². The summed E-state index contributed by atoms with van der Waals surface area (Å²) < 4.78 is 25.8. The van der Waals surface area contributed by atoms with Crippen LogP contribution in [0.15, 0.2) is 30.4 Å². The van der Waals surface area contributed by atoms with Crippen LogP contribution in [0.25, 0.3) is 0 Å². The molecule has 3 heteroatoms. The summed E-state index contributed by atoms with van der Waals surface area (Å²) in [5.41, 5.74) is 1.17. The number of halogens is 2. The van der Waals surface area contributed by atoms with Gasteiger partial charge < -0.3 is 0 Å². The average molecular weight is 224 g/mol. The molecule has 0 aliphatic carbocycles. The summed E-state index contributed by atoms with van der Waals surface area (Å²) in [5, 5.41) is 0. The van der Waals surface area contributed by atoms with Gasteiger partial charge in [0.15, 0.2) is 0 Å². The van der Waals surface area contributed by atoms with E-state index in [0.717, 1.165) is 17.7 Å². The number of benzene rings is 1. The van der Waals surface area contributed by atoms with Gasteiger partial charge in [0.05, 0.1) is 0 Å². The Labute approximate surface area is 93.8 Å². The molecule has 0 saturated heterocycles. The van der Waals surface area contributed by atoms with E-state index >= 15 is 0 Å². The van der Waals surface area contributed by atoms with Crippen molar-refractivity contribution in [2.24, 2.45) is 0 Å². The Hall–Kier alpha value is -1.51. The van der Waals surface area contributed by atoms with Gasteiger partial charge in [0, 0.05) is 18.9 Å². The molecule has 0 saturated carbocycles. The number of carbonyl (C=O) groups is 1. The molecule has 0 N–H and O–H groups in total. The molecule has 1 nitrogen and oxygen atoms in total. The first-order valence-electron chi connectivity index (χ1n) is 5.09. The van der Waals surface area contributed by atoms with Crippen LogP contribution in [0.1, 0.15) is 25.3 Å². The molecule has 0 spiro atoms. The minimum atomic E-state index is -0.663. The summed E-state index contributed by atoms with van der Waals surface area (Å²) in [6.07, 6.45) is 0.979. The number of rotatable bonds is 5. The van der Waals surface area contributed by atoms with Crippen molar-refractivity contribution in [3.8, 4) is 0 Å². The Morgan fingerprint density at radius 1 is 1.31 bits per heavy atom. The van der Waals surface area contributed by atoms with Crippen molar-refractivity contribution in [3.63, 3.8) is 0 Å². The molecule has 1 aromatic rings. The normalized spacial score (nSPS) is 10.2. The zero-order valence-corrected chi connectivity index (χ0v) is 9.22. The fourth-order valence-electron chi connectivity index (χ4n) is 1.32. The van der Waals surface area contributed by atoms with Gasteiger partial charge in [-0.05, 0) is 25.0 Å². The topological polar surface area (TPSA) is 17.1 Å². The largest absolute Gasteiger partial charge is 0.299 e. The average Bonchev–Trinajstić information content (AvgIpc) is 2.19. The van der Waals surface area contributed by atoms with E-state index in [4.69, 9.17) is 0 Å². The monoisotopic (exact) mass is 224 g/mol. The van der Waals surface area contributed by atoms with Gasteiger partial charge in [-0.25, -0.2) is 8.78 Å². The third-order valence-corrected chi connectivity index (χ3v) is 2.23. The van der Waals surface area contributed by atoms with Gasteiger partial charge in [0.25, 0.3) is 0 Å². The van der Waals surface area contributed by atoms with Crippen LogP contribution in [0.5, 0.6) is 0 Å². The number of hydrogen-bond donors (Lipinski definition) is 0. The van der Waals surface area contributed by atoms with E-state index in [1.807, 2.05) is 6.92 Å². The van der Waals surface area contributed by atoms with Crippen molar-refractivity contribution in [3.05, 3.63) is 47.5 Å². The second-order valence-electron chi connectivity index (χ2n) is 3.91. The van der Waals surface area contributed by atoms with Gasteiger partial charge >= 0.3 is 0 Å². The Balaban J connectivity index is 2.59. The van der Waals surface area contributed by atoms with Crippen molar-refractivity contribution in [2.45, 2.75) is 26.2 Å². The molecule has 0 amide bonds. The van der Waals surface area contributed by atoms with Crippen LogP contribution in [-0.4, -0.2) is 5.78 Å². The van der Waals surface area contributed by atoms with Crippen LogP contribution < -0.4 is 0 Å². The van der Waals surface area contributed by atoms with E-state index in [2.05, 4.69) is 6.58 Å². The highest BCUT2D eigenvalue weighted by molar-refractivity contribution is 5.81. The lowest BCUT2D eigenvalue weighted by atomic mass is 10.0. The van der Waals surface area contributed by atoms with E-state index in [9.17, 15) is 13.6 Å². The summed E-state index contributed by atoms with van der Waals surface area (Å²) in [6.45, 7) is 5.53. The number of ketones is 1. The Bertz CT molecular complexity index is 410. The zero-order chi connectivity index (χ0) is 12.1. The maximum atomic E-state index is 13.2. The molecule has 0 aromatic heterocycles. The molecule has 0 heterocycles. The molecule has 86 valence electrons. The Morgan fingerprint density at radius 3 is 2.56 bits per heavy atom. The molecular formula is C13H14F2O. The first-order chi connectivity index (χ1) is 7.49. The van der Waals surface area contributed by atoms with Gasteiger partial charge in [0.2, 0.25) is 0 Å². The third-order valence-electron chi connectivity index (χ3n) is 2.23. The molecule has 0 radical (unpaired) electrons. The van der Waals surface area contributed by atoms with Crippen molar-refractivity contribution in [1.82, 2.24) is 0 Å². The molecule has 0 bridgehead atoms. The molecule has 1 aromatic carbocycles. The fourth-order valence-corrected chi connectivity index (χ4v) is 1.32. The lowest BCUT2D eigenvalue weighted by molar-refractivity contribution is -0.118. The van der Waals surface area contributed by atoms with Gasteiger partial charge in [-0.2, -0.15) is 0 Å². The van der Waals surface area contributed by atoms with E-state index in [1.54, 1.807) is 0 Å². The number of hydrogen-bond acceptors (Lipinski definition) is 1. The second kappa shape index (κ2) is 5.54. The molecule has 1 rings (SSSR count). The van der Waals surface area contributed by atoms with Crippen molar-refractivity contribution in [1.29, 1.82) is 0 Å². The first-order valence-corrected chi connectivity index (χ1v) is 5.09.